The highest BCUT2D eigenvalue weighted by Crippen LogP contribution is 2.11. The highest BCUT2D eigenvalue weighted by molar-refractivity contribution is 5.72. The predicted molar refractivity (Wildman–Crippen MR) is 77.9 cm³/mol. The molecular weight excluding hydrogens is 238 g/mol. The summed E-state index contributed by atoms with van der Waals surface area (Å²) < 4.78 is 4.73. The van der Waals surface area contributed by atoms with Gasteiger partial charge in [-0.1, -0.05) is 51.0 Å². The van der Waals surface area contributed by atoms with E-state index in [1.54, 1.807) is 0 Å². The maximum atomic E-state index is 11.4. The molecule has 0 aromatic heterocycles. The third-order valence-electron chi connectivity index (χ3n) is 3.58. The van der Waals surface area contributed by atoms with Gasteiger partial charge in [0.15, 0.2) is 0 Å². The van der Waals surface area contributed by atoms with Gasteiger partial charge in [-0.2, -0.15) is 0 Å². The van der Waals surface area contributed by atoms with Crippen molar-refractivity contribution in [3.63, 3.8) is 0 Å². The highest BCUT2D eigenvalue weighted by atomic mass is 16.5. The van der Waals surface area contributed by atoms with Crippen LogP contribution >= 0.6 is 0 Å². The Morgan fingerprint density at radius 3 is 2.42 bits per heavy atom. The molecule has 0 radical (unpaired) electrons. The summed E-state index contributed by atoms with van der Waals surface area (Å²) in [4.78, 5) is 11.4. The predicted octanol–water partition coefficient (Wildman–Crippen LogP) is 2.93. The van der Waals surface area contributed by atoms with E-state index in [9.17, 15) is 4.79 Å². The zero-order valence-electron chi connectivity index (χ0n) is 12.2. The van der Waals surface area contributed by atoms with Gasteiger partial charge in [-0.05, 0) is 23.6 Å². The molecular formula is C16H25NO2. The summed E-state index contributed by atoms with van der Waals surface area (Å²) >= 11 is 0. The van der Waals surface area contributed by atoms with Crippen molar-refractivity contribution in [1.82, 2.24) is 5.32 Å². The second-order valence-electron chi connectivity index (χ2n) is 4.84. The number of methoxy groups -OCH3 is 1. The van der Waals surface area contributed by atoms with Gasteiger partial charge >= 0.3 is 5.97 Å². The number of benzene rings is 1. The smallest absolute Gasteiger partial charge is 0.309 e. The number of hydrogen-bond acceptors (Lipinski definition) is 3. The molecule has 0 bridgehead atoms. The van der Waals surface area contributed by atoms with Crippen LogP contribution in [0.2, 0.25) is 0 Å². The summed E-state index contributed by atoms with van der Waals surface area (Å²) in [5, 5.41) is 3.48. The van der Waals surface area contributed by atoms with Crippen LogP contribution in [0.1, 0.15) is 37.8 Å². The Labute approximate surface area is 116 Å². The van der Waals surface area contributed by atoms with Gasteiger partial charge in [0.2, 0.25) is 0 Å². The summed E-state index contributed by atoms with van der Waals surface area (Å²) in [6.07, 6.45) is 2.75. The average Bonchev–Trinajstić information content (AvgIpc) is 2.45. The van der Waals surface area contributed by atoms with Gasteiger partial charge < -0.3 is 10.1 Å². The summed E-state index contributed by atoms with van der Waals surface area (Å²) in [6.45, 7) is 6.28. The van der Waals surface area contributed by atoms with Crippen molar-refractivity contribution in [3.8, 4) is 0 Å². The molecule has 1 aromatic carbocycles. The molecule has 0 heterocycles. The number of hydrogen-bond donors (Lipinski definition) is 1. The molecule has 0 spiro atoms. The van der Waals surface area contributed by atoms with Crippen molar-refractivity contribution in [2.45, 2.75) is 39.7 Å². The number of nitrogens with one attached hydrogen (secondary N) is 1. The molecule has 3 heteroatoms. The van der Waals surface area contributed by atoms with Crippen LogP contribution < -0.4 is 5.32 Å². The first kappa shape index (κ1) is 15.7. The quantitative estimate of drug-likeness (QED) is 0.733. The van der Waals surface area contributed by atoms with Crippen LogP contribution in [0.25, 0.3) is 0 Å². The normalized spacial score (nSPS) is 10.7. The van der Waals surface area contributed by atoms with Gasteiger partial charge in [0.05, 0.1) is 13.5 Å². The lowest BCUT2D eigenvalue weighted by molar-refractivity contribution is -0.139. The number of ether oxygens (including phenoxy) is 1. The fourth-order valence-electron chi connectivity index (χ4n) is 2.12. The second-order valence-corrected chi connectivity index (χ2v) is 4.84. The first-order chi connectivity index (χ1) is 9.21. The molecule has 106 valence electrons. The number of carbonyl (C=O) groups excluding carboxylic acids is 1. The van der Waals surface area contributed by atoms with E-state index >= 15 is 0 Å². The maximum Gasteiger partial charge on any atom is 0.309 e. The van der Waals surface area contributed by atoms with Gasteiger partial charge in [-0.25, -0.2) is 0 Å². The lowest BCUT2D eigenvalue weighted by Crippen LogP contribution is -2.22. The first-order valence-electron chi connectivity index (χ1n) is 7.05. The Bertz CT molecular complexity index is 386. The lowest BCUT2D eigenvalue weighted by atomic mass is 10.0. The van der Waals surface area contributed by atoms with E-state index < -0.39 is 0 Å². The molecule has 3 nitrogen and oxygen atoms in total. The SMILES string of the molecule is CCC(CC)CNCc1ccccc1CC(=O)OC. The standard InChI is InChI=1S/C16H25NO2/c1-4-13(5-2)11-17-12-15-9-7-6-8-14(15)10-16(18)19-3/h6-9,13,17H,4-5,10-12H2,1-3H3. The van der Waals surface area contributed by atoms with Crippen molar-refractivity contribution in [2.75, 3.05) is 13.7 Å². The number of carbonyl (C=O) groups is 1. The minimum absolute atomic E-state index is 0.188. The third-order valence-corrected chi connectivity index (χ3v) is 3.58. The molecule has 0 aliphatic heterocycles. The van der Waals surface area contributed by atoms with E-state index in [0.29, 0.717) is 6.42 Å². The molecule has 1 rings (SSSR count). The Kier molecular flexibility index (Phi) is 7.19. The molecule has 19 heavy (non-hydrogen) atoms. The Morgan fingerprint density at radius 2 is 1.84 bits per heavy atom. The van der Waals surface area contributed by atoms with Crippen LogP contribution in [-0.4, -0.2) is 19.6 Å². The van der Waals surface area contributed by atoms with Gasteiger partial charge in [0.1, 0.15) is 0 Å². The van der Waals surface area contributed by atoms with Gasteiger partial charge in [-0.3, -0.25) is 4.79 Å². The van der Waals surface area contributed by atoms with Crippen LogP contribution in [0.4, 0.5) is 0 Å². The van der Waals surface area contributed by atoms with E-state index in [2.05, 4.69) is 25.2 Å². The molecule has 1 N–H and O–H groups in total. The molecule has 0 atom stereocenters. The average molecular weight is 263 g/mol. The Morgan fingerprint density at radius 1 is 1.21 bits per heavy atom. The van der Waals surface area contributed by atoms with E-state index in [4.69, 9.17) is 4.74 Å². The van der Waals surface area contributed by atoms with Gasteiger partial charge in [0, 0.05) is 6.54 Å². The molecule has 0 saturated carbocycles. The Hall–Kier alpha value is -1.35. The van der Waals surface area contributed by atoms with E-state index in [1.807, 2.05) is 18.2 Å². The van der Waals surface area contributed by atoms with E-state index in [-0.39, 0.29) is 5.97 Å². The van der Waals surface area contributed by atoms with Gasteiger partial charge in [-0.15, -0.1) is 0 Å². The second kappa shape index (κ2) is 8.70. The topological polar surface area (TPSA) is 38.3 Å². The number of rotatable bonds is 8. The minimum atomic E-state index is -0.188. The lowest BCUT2D eigenvalue weighted by Gasteiger charge is -2.14. The summed E-state index contributed by atoms with van der Waals surface area (Å²) in [5.41, 5.74) is 2.23. The fraction of sp³-hybridized carbons (Fsp3) is 0.562. The minimum Gasteiger partial charge on any atom is -0.469 e. The molecule has 0 fully saturated rings. The monoisotopic (exact) mass is 263 g/mol. The molecule has 0 aliphatic rings. The van der Waals surface area contributed by atoms with Crippen molar-refractivity contribution < 1.29 is 9.53 Å². The van der Waals surface area contributed by atoms with Crippen molar-refractivity contribution >= 4 is 5.97 Å². The van der Waals surface area contributed by atoms with Crippen LogP contribution in [0.5, 0.6) is 0 Å². The molecule has 0 aliphatic carbocycles. The summed E-state index contributed by atoms with van der Waals surface area (Å²) in [5.74, 6) is 0.542. The third kappa shape index (κ3) is 5.43. The largest absolute Gasteiger partial charge is 0.469 e. The van der Waals surface area contributed by atoms with E-state index in [1.165, 1.54) is 25.5 Å². The van der Waals surface area contributed by atoms with Crippen LogP contribution in [0.15, 0.2) is 24.3 Å². The first-order valence-corrected chi connectivity index (χ1v) is 7.05. The van der Waals surface area contributed by atoms with Crippen molar-refractivity contribution in [3.05, 3.63) is 35.4 Å². The number of esters is 1. The van der Waals surface area contributed by atoms with Crippen molar-refractivity contribution in [2.24, 2.45) is 5.92 Å². The summed E-state index contributed by atoms with van der Waals surface area (Å²) in [6, 6.07) is 8.03. The summed E-state index contributed by atoms with van der Waals surface area (Å²) in [7, 11) is 1.43. The van der Waals surface area contributed by atoms with Crippen molar-refractivity contribution in [1.29, 1.82) is 0 Å². The fourth-order valence-corrected chi connectivity index (χ4v) is 2.12. The highest BCUT2D eigenvalue weighted by Gasteiger charge is 2.08. The maximum absolute atomic E-state index is 11.4. The molecule has 0 unspecified atom stereocenters. The molecule has 0 saturated heterocycles. The zero-order valence-corrected chi connectivity index (χ0v) is 12.2. The zero-order chi connectivity index (χ0) is 14.1. The molecule has 0 amide bonds. The van der Waals surface area contributed by atoms with Gasteiger partial charge in [0.25, 0.3) is 0 Å². The van der Waals surface area contributed by atoms with Crippen LogP contribution in [-0.2, 0) is 22.5 Å². The van der Waals surface area contributed by atoms with Crippen LogP contribution in [0, 0.1) is 5.92 Å². The Balaban J connectivity index is 2.55. The molecule has 1 aromatic rings. The van der Waals surface area contributed by atoms with Crippen LogP contribution in [0.3, 0.4) is 0 Å². The van der Waals surface area contributed by atoms with E-state index in [0.717, 1.165) is 24.6 Å².